The first-order valence-electron chi connectivity index (χ1n) is 10.2. The number of hydrogen-bond acceptors (Lipinski definition) is 5. The minimum Gasteiger partial charge on any atom is -0.356 e. The van der Waals surface area contributed by atoms with Gasteiger partial charge >= 0.3 is 0 Å². The summed E-state index contributed by atoms with van der Waals surface area (Å²) in [6.45, 7) is 2.37. The predicted octanol–water partition coefficient (Wildman–Crippen LogP) is 3.21. The topological polar surface area (TPSA) is 80.0 Å². The molecule has 1 saturated heterocycles. The molecule has 0 spiro atoms. The van der Waals surface area contributed by atoms with Crippen LogP contribution in [0.5, 0.6) is 0 Å². The summed E-state index contributed by atoms with van der Waals surface area (Å²) in [6.07, 6.45) is 5.86. The fraction of sp³-hybridized carbons (Fsp3) is 0.348. The molecule has 0 saturated carbocycles. The van der Waals surface area contributed by atoms with Crippen molar-refractivity contribution in [3.8, 4) is 11.3 Å². The Morgan fingerprint density at radius 2 is 2.07 bits per heavy atom. The van der Waals surface area contributed by atoms with Crippen LogP contribution in [0.15, 0.2) is 65.4 Å². The van der Waals surface area contributed by atoms with Crippen LogP contribution in [-0.4, -0.2) is 29.1 Å². The van der Waals surface area contributed by atoms with Gasteiger partial charge in [-0.15, -0.1) is 0 Å². The van der Waals surface area contributed by atoms with Crippen molar-refractivity contribution in [3.05, 3.63) is 72.2 Å². The summed E-state index contributed by atoms with van der Waals surface area (Å²) in [5.41, 5.74) is 2.98. The number of hydrogen-bond donors (Lipinski definition) is 2. The Morgan fingerprint density at radius 1 is 1.17 bits per heavy atom. The molecule has 1 fully saturated rings. The van der Waals surface area contributed by atoms with Gasteiger partial charge in [0.1, 0.15) is 0 Å². The van der Waals surface area contributed by atoms with Gasteiger partial charge in [0.05, 0.1) is 5.69 Å². The van der Waals surface area contributed by atoms with Crippen LogP contribution in [0.2, 0.25) is 0 Å². The van der Waals surface area contributed by atoms with Gasteiger partial charge in [0.15, 0.2) is 5.76 Å². The first-order valence-corrected chi connectivity index (χ1v) is 10.2. The highest BCUT2D eigenvalue weighted by atomic mass is 16.5. The Balaban J connectivity index is 1.34. The van der Waals surface area contributed by atoms with Crippen LogP contribution >= 0.6 is 0 Å². The Hall–Kier alpha value is -2.99. The number of piperidine rings is 1. The molecule has 2 unspecified atom stereocenters. The van der Waals surface area contributed by atoms with Crippen LogP contribution in [0.25, 0.3) is 11.3 Å². The van der Waals surface area contributed by atoms with Gasteiger partial charge in [0, 0.05) is 37.0 Å². The average molecular weight is 390 g/mol. The summed E-state index contributed by atoms with van der Waals surface area (Å²) in [5.74, 6) is 1.58. The third-order valence-corrected chi connectivity index (χ3v) is 5.51. The number of pyridine rings is 1. The van der Waals surface area contributed by atoms with E-state index in [1.807, 2.05) is 48.5 Å². The molecule has 29 heavy (non-hydrogen) atoms. The second kappa shape index (κ2) is 9.47. The van der Waals surface area contributed by atoms with Gasteiger partial charge in [-0.2, -0.15) is 0 Å². The van der Waals surface area contributed by atoms with Gasteiger partial charge in [0.2, 0.25) is 5.91 Å². The van der Waals surface area contributed by atoms with Gasteiger partial charge in [-0.3, -0.25) is 9.78 Å². The standard InChI is InChI=1S/C23H26N4O2/c28-23(26-15-17-5-4-9-24-14-17)12-19-8-10-25-16-20(19)11-21-13-22(29-27-21)18-6-2-1-3-7-18/h1-7,9,13-14,19-20,25H,8,10-12,15-16H2,(H,26,28). The van der Waals surface area contributed by atoms with E-state index < -0.39 is 0 Å². The lowest BCUT2D eigenvalue weighted by Crippen LogP contribution is -2.40. The van der Waals surface area contributed by atoms with Crippen molar-refractivity contribution >= 4 is 5.91 Å². The van der Waals surface area contributed by atoms with E-state index in [0.717, 1.165) is 48.5 Å². The highest BCUT2D eigenvalue weighted by molar-refractivity contribution is 5.76. The molecule has 0 aliphatic carbocycles. The van der Waals surface area contributed by atoms with E-state index in [2.05, 4.69) is 20.8 Å². The monoisotopic (exact) mass is 390 g/mol. The van der Waals surface area contributed by atoms with Crippen molar-refractivity contribution in [3.63, 3.8) is 0 Å². The fourth-order valence-corrected chi connectivity index (χ4v) is 3.91. The summed E-state index contributed by atoms with van der Waals surface area (Å²) in [4.78, 5) is 16.6. The SMILES string of the molecule is O=C(CC1CCNCC1Cc1cc(-c2ccccc2)on1)NCc1cccnc1. The second-order valence-electron chi connectivity index (χ2n) is 7.61. The third-order valence-electron chi connectivity index (χ3n) is 5.51. The summed E-state index contributed by atoms with van der Waals surface area (Å²) in [7, 11) is 0. The lowest BCUT2D eigenvalue weighted by Gasteiger charge is -2.31. The van der Waals surface area contributed by atoms with Crippen molar-refractivity contribution in [2.45, 2.75) is 25.8 Å². The highest BCUT2D eigenvalue weighted by Gasteiger charge is 2.28. The molecular weight excluding hydrogens is 364 g/mol. The molecule has 6 nitrogen and oxygen atoms in total. The van der Waals surface area contributed by atoms with E-state index in [9.17, 15) is 4.79 Å². The molecule has 1 aromatic carbocycles. The third kappa shape index (κ3) is 5.29. The molecule has 3 heterocycles. The average Bonchev–Trinajstić information content (AvgIpc) is 3.24. The van der Waals surface area contributed by atoms with Gasteiger partial charge in [-0.25, -0.2) is 0 Å². The largest absolute Gasteiger partial charge is 0.356 e. The van der Waals surface area contributed by atoms with Crippen LogP contribution in [0.3, 0.4) is 0 Å². The highest BCUT2D eigenvalue weighted by Crippen LogP contribution is 2.28. The molecule has 4 rings (SSSR count). The molecule has 2 N–H and O–H groups in total. The van der Waals surface area contributed by atoms with E-state index in [0.29, 0.717) is 24.8 Å². The molecular formula is C23H26N4O2. The zero-order valence-electron chi connectivity index (χ0n) is 16.4. The number of benzene rings is 1. The summed E-state index contributed by atoms with van der Waals surface area (Å²) >= 11 is 0. The molecule has 2 aromatic heterocycles. The molecule has 3 aromatic rings. The van der Waals surface area contributed by atoms with E-state index in [1.165, 1.54) is 0 Å². The number of amides is 1. The summed E-state index contributed by atoms with van der Waals surface area (Å²) in [5, 5.41) is 10.7. The predicted molar refractivity (Wildman–Crippen MR) is 111 cm³/mol. The number of nitrogens with zero attached hydrogens (tertiary/aromatic N) is 2. The Kier molecular flexibility index (Phi) is 6.32. The fourth-order valence-electron chi connectivity index (χ4n) is 3.91. The van der Waals surface area contributed by atoms with Gasteiger partial charge in [-0.05, 0) is 49.4 Å². The maximum absolute atomic E-state index is 12.5. The molecule has 150 valence electrons. The molecule has 1 aliphatic heterocycles. The van der Waals surface area contributed by atoms with E-state index >= 15 is 0 Å². The Bertz CT molecular complexity index is 911. The number of aromatic nitrogens is 2. The molecule has 6 heteroatoms. The molecule has 1 amide bonds. The number of nitrogens with one attached hydrogen (secondary N) is 2. The molecule has 1 aliphatic rings. The lowest BCUT2D eigenvalue weighted by atomic mass is 9.81. The van der Waals surface area contributed by atoms with Crippen LogP contribution in [0.4, 0.5) is 0 Å². The van der Waals surface area contributed by atoms with E-state index in [-0.39, 0.29) is 5.91 Å². The Labute approximate surface area is 170 Å². The Morgan fingerprint density at radius 3 is 2.90 bits per heavy atom. The smallest absolute Gasteiger partial charge is 0.220 e. The molecule has 0 radical (unpaired) electrons. The van der Waals surface area contributed by atoms with Crippen molar-refractivity contribution in [1.29, 1.82) is 0 Å². The van der Waals surface area contributed by atoms with Crippen LogP contribution < -0.4 is 10.6 Å². The summed E-state index contributed by atoms with van der Waals surface area (Å²) < 4.78 is 5.54. The zero-order valence-corrected chi connectivity index (χ0v) is 16.4. The minimum absolute atomic E-state index is 0.0934. The normalized spacial score (nSPS) is 19.0. The first kappa shape index (κ1) is 19.3. The minimum atomic E-state index is 0.0934. The van der Waals surface area contributed by atoms with Gasteiger partial charge < -0.3 is 15.2 Å². The van der Waals surface area contributed by atoms with Crippen molar-refractivity contribution < 1.29 is 9.32 Å². The van der Waals surface area contributed by atoms with Gasteiger partial charge in [-0.1, -0.05) is 41.6 Å². The maximum Gasteiger partial charge on any atom is 0.220 e. The van der Waals surface area contributed by atoms with Crippen LogP contribution in [0.1, 0.15) is 24.1 Å². The summed E-state index contributed by atoms with van der Waals surface area (Å²) in [6, 6.07) is 15.9. The maximum atomic E-state index is 12.5. The van der Waals surface area contributed by atoms with Crippen molar-refractivity contribution in [1.82, 2.24) is 20.8 Å². The lowest BCUT2D eigenvalue weighted by molar-refractivity contribution is -0.122. The molecule has 2 atom stereocenters. The quantitative estimate of drug-likeness (QED) is 0.648. The number of carbonyl (C=O) groups excluding carboxylic acids is 1. The van der Waals surface area contributed by atoms with Gasteiger partial charge in [0.25, 0.3) is 0 Å². The zero-order chi connectivity index (χ0) is 19.9. The number of rotatable bonds is 7. The first-order chi connectivity index (χ1) is 14.3. The van der Waals surface area contributed by atoms with E-state index in [4.69, 9.17) is 4.52 Å². The van der Waals surface area contributed by atoms with Crippen LogP contribution in [0, 0.1) is 11.8 Å². The number of carbonyl (C=O) groups is 1. The van der Waals surface area contributed by atoms with Crippen molar-refractivity contribution in [2.75, 3.05) is 13.1 Å². The molecule has 0 bridgehead atoms. The second-order valence-corrected chi connectivity index (χ2v) is 7.61. The van der Waals surface area contributed by atoms with E-state index in [1.54, 1.807) is 12.4 Å². The van der Waals surface area contributed by atoms with Crippen LogP contribution in [-0.2, 0) is 17.8 Å². The van der Waals surface area contributed by atoms with Crippen molar-refractivity contribution in [2.24, 2.45) is 11.8 Å².